The number of nitrogens with zero attached hydrogens (tertiary/aromatic N) is 1. The zero-order valence-electron chi connectivity index (χ0n) is 9.42. The second-order valence-electron chi connectivity index (χ2n) is 3.84. The minimum absolute atomic E-state index is 0.121. The molecule has 0 spiro atoms. The Labute approximate surface area is 113 Å². The molecule has 0 saturated heterocycles. The van der Waals surface area contributed by atoms with Crippen LogP contribution in [0.3, 0.4) is 0 Å². The number of benzene rings is 1. The predicted octanol–water partition coefficient (Wildman–Crippen LogP) is 2.77. The average Bonchev–Trinajstić information content (AvgIpc) is 2.69. The lowest BCUT2D eigenvalue weighted by molar-refractivity contribution is -0.110. The molecule has 0 unspecified atom stereocenters. The average molecular weight is 281 g/mol. The highest BCUT2D eigenvalue weighted by atomic mass is 32.1. The van der Waals surface area contributed by atoms with Crippen LogP contribution < -0.4 is 0 Å². The van der Waals surface area contributed by atoms with Crippen LogP contribution in [-0.2, 0) is 11.2 Å². The topological polar surface area (TPSA) is 67.3 Å². The molecule has 6 heteroatoms. The number of hydrogen-bond acceptors (Lipinski definition) is 4. The Morgan fingerprint density at radius 2 is 2.17 bits per heavy atom. The number of carboxylic acids is 1. The van der Waals surface area contributed by atoms with Gasteiger partial charge in [0.05, 0.1) is 20.8 Å². The van der Waals surface area contributed by atoms with E-state index in [1.807, 2.05) is 0 Å². The summed E-state index contributed by atoms with van der Waals surface area (Å²) >= 11 is 5.24. The fourth-order valence-corrected chi connectivity index (χ4v) is 2.75. The lowest BCUT2D eigenvalue weighted by Crippen LogP contribution is -1.94. The summed E-state index contributed by atoms with van der Waals surface area (Å²) in [6, 6.07) is 4.91. The number of carbonyl (C=O) groups excluding carboxylic acids is 1. The molecule has 0 bridgehead atoms. The molecule has 18 heavy (non-hydrogen) atoms. The molecule has 0 aliphatic rings. The first-order chi connectivity index (χ1) is 8.56. The molecular weight excluding hydrogens is 270 g/mol. The summed E-state index contributed by atoms with van der Waals surface area (Å²) in [7, 11) is 0. The molecule has 4 nitrogen and oxygen atoms in total. The molecule has 94 valence electrons. The van der Waals surface area contributed by atoms with Crippen LogP contribution in [0.15, 0.2) is 18.2 Å². The van der Waals surface area contributed by atoms with Crippen molar-refractivity contribution >= 4 is 45.3 Å². The molecular formula is C12H11NO3S2. The van der Waals surface area contributed by atoms with Crippen molar-refractivity contribution in [2.45, 2.75) is 19.3 Å². The molecule has 0 amide bonds. The Bertz CT molecular complexity index is 606. The summed E-state index contributed by atoms with van der Waals surface area (Å²) in [5, 5.41) is 9.68. The number of aryl methyl sites for hydroxylation is 1. The number of carbonyl (C=O) groups is 2. The van der Waals surface area contributed by atoms with E-state index in [2.05, 4.69) is 17.6 Å². The minimum atomic E-state index is -0.952. The maximum Gasteiger partial charge on any atom is 0.335 e. The van der Waals surface area contributed by atoms with E-state index in [0.29, 0.717) is 24.8 Å². The van der Waals surface area contributed by atoms with Crippen LogP contribution in [0.2, 0.25) is 0 Å². The van der Waals surface area contributed by atoms with Gasteiger partial charge in [-0.05, 0) is 31.0 Å². The van der Waals surface area contributed by atoms with Crippen LogP contribution in [0.25, 0.3) is 10.2 Å². The highest BCUT2D eigenvalue weighted by Crippen LogP contribution is 2.24. The molecule has 2 rings (SSSR count). The second kappa shape index (κ2) is 5.49. The molecule has 1 aromatic heterocycles. The largest absolute Gasteiger partial charge is 0.478 e. The van der Waals surface area contributed by atoms with Crippen LogP contribution in [0.4, 0.5) is 0 Å². The van der Waals surface area contributed by atoms with Crippen LogP contribution in [0.1, 0.15) is 28.2 Å². The van der Waals surface area contributed by atoms with E-state index < -0.39 is 5.97 Å². The monoisotopic (exact) mass is 281 g/mol. The van der Waals surface area contributed by atoms with E-state index in [-0.39, 0.29) is 10.7 Å². The van der Waals surface area contributed by atoms with Gasteiger partial charge < -0.3 is 5.11 Å². The van der Waals surface area contributed by atoms with E-state index in [1.54, 1.807) is 18.2 Å². The lowest BCUT2D eigenvalue weighted by Gasteiger charge is -1.92. The Kier molecular flexibility index (Phi) is 3.98. The Morgan fingerprint density at radius 3 is 2.83 bits per heavy atom. The summed E-state index contributed by atoms with van der Waals surface area (Å²) in [5.74, 6) is -0.952. The van der Waals surface area contributed by atoms with Crippen molar-refractivity contribution in [3.05, 3.63) is 28.8 Å². The number of carboxylic acid groups (broad SMARTS) is 1. The van der Waals surface area contributed by atoms with Crippen molar-refractivity contribution in [3.63, 3.8) is 0 Å². The summed E-state index contributed by atoms with van der Waals surface area (Å²) in [5.41, 5.74) is 0.942. The van der Waals surface area contributed by atoms with Gasteiger partial charge in [-0.2, -0.15) is 0 Å². The summed E-state index contributed by atoms with van der Waals surface area (Å²) in [6.07, 6.45) is 1.86. The van der Waals surface area contributed by atoms with E-state index in [1.165, 1.54) is 11.3 Å². The Hall–Kier alpha value is -1.40. The Morgan fingerprint density at radius 1 is 1.39 bits per heavy atom. The SMILES string of the molecule is O=C(S)CCCc1nc2cc(C(=O)O)ccc2s1. The van der Waals surface area contributed by atoms with Gasteiger partial charge in [0, 0.05) is 6.42 Å². The molecule has 0 aliphatic heterocycles. The molecule has 2 aromatic rings. The maximum absolute atomic E-state index is 10.8. The van der Waals surface area contributed by atoms with Crippen LogP contribution in [0.5, 0.6) is 0 Å². The number of fused-ring (bicyclic) bond motifs is 1. The summed E-state index contributed by atoms with van der Waals surface area (Å²) < 4.78 is 0.965. The van der Waals surface area contributed by atoms with Gasteiger partial charge in [0.25, 0.3) is 0 Å². The quantitative estimate of drug-likeness (QED) is 0.827. The first kappa shape index (κ1) is 13.0. The number of thiol groups is 1. The summed E-state index contributed by atoms with van der Waals surface area (Å²) in [6.45, 7) is 0. The van der Waals surface area contributed by atoms with E-state index >= 15 is 0 Å². The number of hydrogen-bond donors (Lipinski definition) is 2. The van der Waals surface area contributed by atoms with Crippen molar-refractivity contribution in [2.75, 3.05) is 0 Å². The maximum atomic E-state index is 10.8. The van der Waals surface area contributed by atoms with Crippen molar-refractivity contribution in [1.29, 1.82) is 0 Å². The molecule has 0 radical (unpaired) electrons. The van der Waals surface area contributed by atoms with Gasteiger partial charge in [-0.1, -0.05) is 0 Å². The van der Waals surface area contributed by atoms with E-state index in [0.717, 1.165) is 9.71 Å². The lowest BCUT2D eigenvalue weighted by atomic mass is 10.2. The number of rotatable bonds is 5. The van der Waals surface area contributed by atoms with E-state index in [4.69, 9.17) is 5.11 Å². The fourth-order valence-electron chi connectivity index (χ4n) is 1.61. The second-order valence-corrected chi connectivity index (χ2v) is 5.46. The van der Waals surface area contributed by atoms with E-state index in [9.17, 15) is 9.59 Å². The predicted molar refractivity (Wildman–Crippen MR) is 73.5 cm³/mol. The zero-order chi connectivity index (χ0) is 13.1. The molecule has 0 atom stereocenters. The van der Waals surface area contributed by atoms with Gasteiger partial charge in [0.1, 0.15) is 0 Å². The van der Waals surface area contributed by atoms with Gasteiger partial charge in [-0.25, -0.2) is 9.78 Å². The highest BCUT2D eigenvalue weighted by Gasteiger charge is 2.08. The van der Waals surface area contributed by atoms with Crippen molar-refractivity contribution in [3.8, 4) is 0 Å². The standard InChI is InChI=1S/C12H11NO3S2/c14-11(17)3-1-2-10-13-8-6-7(12(15)16)4-5-9(8)18-10/h4-6H,1-3H2,(H,14,17)(H,15,16). The van der Waals surface area contributed by atoms with Crippen LogP contribution >= 0.6 is 24.0 Å². The molecule has 0 aliphatic carbocycles. The van der Waals surface area contributed by atoms with Crippen molar-refractivity contribution in [2.24, 2.45) is 0 Å². The van der Waals surface area contributed by atoms with Gasteiger partial charge >= 0.3 is 5.97 Å². The van der Waals surface area contributed by atoms with Gasteiger partial charge in [-0.3, -0.25) is 4.79 Å². The van der Waals surface area contributed by atoms with Crippen LogP contribution in [-0.4, -0.2) is 21.2 Å². The third-order valence-electron chi connectivity index (χ3n) is 2.46. The molecule has 1 heterocycles. The number of aromatic carboxylic acids is 1. The molecule has 0 fully saturated rings. The van der Waals surface area contributed by atoms with Gasteiger partial charge in [-0.15, -0.1) is 24.0 Å². The smallest absolute Gasteiger partial charge is 0.335 e. The van der Waals surface area contributed by atoms with Gasteiger partial charge in [0.15, 0.2) is 5.12 Å². The third-order valence-corrected chi connectivity index (χ3v) is 3.78. The van der Waals surface area contributed by atoms with Crippen molar-refractivity contribution in [1.82, 2.24) is 4.98 Å². The molecule has 0 saturated carbocycles. The van der Waals surface area contributed by atoms with Crippen LogP contribution in [0, 0.1) is 0 Å². The zero-order valence-corrected chi connectivity index (χ0v) is 11.1. The first-order valence-corrected chi connectivity index (χ1v) is 6.67. The minimum Gasteiger partial charge on any atom is -0.478 e. The highest BCUT2D eigenvalue weighted by molar-refractivity contribution is 7.96. The normalized spacial score (nSPS) is 10.7. The molecule has 1 N–H and O–H groups in total. The number of aromatic nitrogens is 1. The third kappa shape index (κ3) is 3.08. The van der Waals surface area contributed by atoms with Gasteiger partial charge in [0.2, 0.25) is 0 Å². The fraction of sp³-hybridized carbons (Fsp3) is 0.250. The number of thiazole rings is 1. The molecule has 1 aromatic carbocycles. The van der Waals surface area contributed by atoms with Crippen molar-refractivity contribution < 1.29 is 14.7 Å². The first-order valence-electron chi connectivity index (χ1n) is 5.41. The Balaban J connectivity index is 2.16. The summed E-state index contributed by atoms with van der Waals surface area (Å²) in [4.78, 5) is 25.9.